The molecule has 0 aliphatic heterocycles. The third kappa shape index (κ3) is 5.18. The minimum Gasteiger partial charge on any atom is -0.383 e. The molecule has 0 radical (unpaired) electrons. The van der Waals surface area contributed by atoms with Crippen molar-refractivity contribution in [3.8, 4) is 0 Å². The van der Waals surface area contributed by atoms with Gasteiger partial charge in [0.1, 0.15) is 0 Å². The lowest BCUT2D eigenvalue weighted by molar-refractivity contribution is 0.186. The molecule has 2 N–H and O–H groups in total. The summed E-state index contributed by atoms with van der Waals surface area (Å²) in [5.41, 5.74) is 0.719. The highest BCUT2D eigenvalue weighted by molar-refractivity contribution is 5.74. The molecule has 0 aromatic carbocycles. The molecule has 0 saturated heterocycles. The molecule has 0 atom stereocenters. The van der Waals surface area contributed by atoms with Crippen LogP contribution in [0.4, 0.5) is 4.79 Å². The van der Waals surface area contributed by atoms with Gasteiger partial charge in [0.05, 0.1) is 25.2 Å². The molecule has 1 aromatic heterocycles. The summed E-state index contributed by atoms with van der Waals surface area (Å²) < 4.78 is 6.97. The lowest BCUT2D eigenvalue weighted by atomic mass is 10.1. The molecular weight excluding hydrogens is 232 g/mol. The van der Waals surface area contributed by atoms with Gasteiger partial charge in [0.2, 0.25) is 0 Å². The van der Waals surface area contributed by atoms with Crippen LogP contribution in [0.5, 0.6) is 0 Å². The minimum atomic E-state index is -0.236. The molecule has 0 fully saturated rings. The standard InChI is InChI=1S/C12H22N4O2/c1-12(2,3)15-11(17)14-8-10-7-13-9-16(10)5-6-18-4/h7,9H,5-6,8H2,1-4H3,(H2,14,15,17). The Hall–Kier alpha value is -1.56. The van der Waals surface area contributed by atoms with Gasteiger partial charge >= 0.3 is 6.03 Å². The second kappa shape index (κ2) is 6.39. The highest BCUT2D eigenvalue weighted by Crippen LogP contribution is 2.00. The normalized spacial score (nSPS) is 11.3. The first-order chi connectivity index (χ1) is 8.42. The number of urea groups is 1. The Morgan fingerprint density at radius 2 is 2.22 bits per heavy atom. The van der Waals surface area contributed by atoms with Crippen LogP contribution in [-0.4, -0.2) is 34.8 Å². The molecule has 18 heavy (non-hydrogen) atoms. The smallest absolute Gasteiger partial charge is 0.315 e. The number of hydrogen-bond acceptors (Lipinski definition) is 3. The van der Waals surface area contributed by atoms with E-state index in [9.17, 15) is 4.79 Å². The first-order valence-corrected chi connectivity index (χ1v) is 5.96. The molecule has 1 heterocycles. The molecule has 102 valence electrons. The van der Waals surface area contributed by atoms with Crippen molar-refractivity contribution in [2.45, 2.75) is 39.4 Å². The molecule has 0 aliphatic rings. The number of ether oxygens (including phenoxy) is 1. The van der Waals surface area contributed by atoms with Gasteiger partial charge in [0, 0.05) is 25.4 Å². The van der Waals surface area contributed by atoms with Crippen LogP contribution in [0.25, 0.3) is 0 Å². The van der Waals surface area contributed by atoms with E-state index in [2.05, 4.69) is 15.6 Å². The highest BCUT2D eigenvalue weighted by atomic mass is 16.5. The van der Waals surface area contributed by atoms with Crippen LogP contribution in [0.2, 0.25) is 0 Å². The predicted octanol–water partition coefficient (Wildman–Crippen LogP) is 1.13. The Morgan fingerprint density at radius 1 is 1.50 bits per heavy atom. The van der Waals surface area contributed by atoms with Gasteiger partial charge in [-0.25, -0.2) is 9.78 Å². The Balaban J connectivity index is 2.43. The van der Waals surface area contributed by atoms with Crippen molar-refractivity contribution in [3.63, 3.8) is 0 Å². The van der Waals surface area contributed by atoms with Crippen LogP contribution in [0.1, 0.15) is 26.5 Å². The van der Waals surface area contributed by atoms with Gasteiger partial charge in [-0.3, -0.25) is 0 Å². The number of carbonyl (C=O) groups excluding carboxylic acids is 1. The SMILES string of the molecule is COCCn1cncc1CNC(=O)NC(C)(C)C. The largest absolute Gasteiger partial charge is 0.383 e. The fourth-order valence-corrected chi connectivity index (χ4v) is 1.44. The third-order valence-electron chi connectivity index (χ3n) is 2.25. The number of aromatic nitrogens is 2. The van der Waals surface area contributed by atoms with Crippen LogP contribution >= 0.6 is 0 Å². The van der Waals surface area contributed by atoms with Crippen LogP contribution in [0, 0.1) is 0 Å². The van der Waals surface area contributed by atoms with Crippen molar-refractivity contribution in [1.29, 1.82) is 0 Å². The molecule has 0 bridgehead atoms. The zero-order valence-corrected chi connectivity index (χ0v) is 11.5. The molecule has 6 nitrogen and oxygen atoms in total. The fourth-order valence-electron chi connectivity index (χ4n) is 1.44. The van der Waals surface area contributed by atoms with E-state index in [4.69, 9.17) is 4.74 Å². The lowest BCUT2D eigenvalue weighted by Crippen LogP contribution is -2.46. The Labute approximate surface area is 108 Å². The van der Waals surface area contributed by atoms with Crippen LogP contribution < -0.4 is 10.6 Å². The number of nitrogens with zero attached hydrogens (tertiary/aromatic N) is 2. The van der Waals surface area contributed by atoms with Crippen LogP contribution in [-0.2, 0) is 17.8 Å². The van der Waals surface area contributed by atoms with Crippen molar-refractivity contribution in [2.24, 2.45) is 0 Å². The van der Waals surface area contributed by atoms with E-state index in [1.807, 2.05) is 25.3 Å². The second-order valence-corrected chi connectivity index (χ2v) is 5.13. The van der Waals surface area contributed by atoms with Crippen molar-refractivity contribution in [3.05, 3.63) is 18.2 Å². The van der Waals surface area contributed by atoms with Crippen molar-refractivity contribution in [1.82, 2.24) is 20.2 Å². The summed E-state index contributed by atoms with van der Waals surface area (Å²) >= 11 is 0. The monoisotopic (exact) mass is 254 g/mol. The molecule has 1 rings (SSSR count). The summed E-state index contributed by atoms with van der Waals surface area (Å²) in [5, 5.41) is 5.65. The third-order valence-corrected chi connectivity index (χ3v) is 2.25. The number of amides is 2. The number of carbonyl (C=O) groups is 1. The van der Waals surface area contributed by atoms with Gasteiger partial charge < -0.3 is 19.9 Å². The first kappa shape index (κ1) is 14.5. The van der Waals surface area contributed by atoms with E-state index >= 15 is 0 Å². The fraction of sp³-hybridized carbons (Fsp3) is 0.667. The second-order valence-electron chi connectivity index (χ2n) is 5.13. The predicted molar refractivity (Wildman–Crippen MR) is 69.2 cm³/mol. The summed E-state index contributed by atoms with van der Waals surface area (Å²) in [4.78, 5) is 15.7. The van der Waals surface area contributed by atoms with Gasteiger partial charge in [-0.1, -0.05) is 0 Å². The summed E-state index contributed by atoms with van der Waals surface area (Å²) in [7, 11) is 1.66. The number of nitrogens with one attached hydrogen (secondary N) is 2. The van der Waals surface area contributed by atoms with Crippen LogP contribution in [0.3, 0.4) is 0 Å². The zero-order valence-electron chi connectivity index (χ0n) is 11.5. The molecular formula is C12H22N4O2. The number of rotatable bonds is 5. The lowest BCUT2D eigenvalue weighted by Gasteiger charge is -2.20. The maximum Gasteiger partial charge on any atom is 0.315 e. The molecule has 0 spiro atoms. The topological polar surface area (TPSA) is 68.2 Å². The molecule has 0 unspecified atom stereocenters. The Morgan fingerprint density at radius 3 is 2.83 bits per heavy atom. The molecule has 1 aromatic rings. The maximum atomic E-state index is 11.6. The van der Waals surface area contributed by atoms with E-state index in [0.717, 1.165) is 12.2 Å². The van der Waals surface area contributed by atoms with Gasteiger partial charge in [-0.15, -0.1) is 0 Å². The van der Waals surface area contributed by atoms with Gasteiger partial charge in [-0.2, -0.15) is 0 Å². The van der Waals surface area contributed by atoms with E-state index < -0.39 is 0 Å². The van der Waals surface area contributed by atoms with Crippen molar-refractivity contribution >= 4 is 6.03 Å². The Bertz CT molecular complexity index is 382. The molecule has 0 saturated carbocycles. The maximum absolute atomic E-state index is 11.6. The highest BCUT2D eigenvalue weighted by Gasteiger charge is 2.13. The van der Waals surface area contributed by atoms with Gasteiger partial charge in [0.15, 0.2) is 0 Å². The summed E-state index contributed by atoms with van der Waals surface area (Å²) in [6.07, 6.45) is 3.48. The summed E-state index contributed by atoms with van der Waals surface area (Å²) in [6.45, 7) is 7.62. The summed E-state index contributed by atoms with van der Waals surface area (Å²) in [5.74, 6) is 0. The van der Waals surface area contributed by atoms with Gasteiger partial charge in [-0.05, 0) is 20.8 Å². The minimum absolute atomic E-state index is 0.179. The zero-order chi connectivity index (χ0) is 13.6. The Kier molecular flexibility index (Phi) is 5.15. The number of hydrogen-bond donors (Lipinski definition) is 2. The average molecular weight is 254 g/mol. The molecule has 2 amide bonds. The summed E-state index contributed by atoms with van der Waals surface area (Å²) in [6, 6.07) is -0.179. The van der Waals surface area contributed by atoms with E-state index in [1.165, 1.54) is 0 Å². The average Bonchev–Trinajstić information content (AvgIpc) is 2.68. The number of imidazole rings is 1. The van der Waals surface area contributed by atoms with Crippen LogP contribution in [0.15, 0.2) is 12.5 Å². The molecule has 6 heteroatoms. The van der Waals surface area contributed by atoms with E-state index in [0.29, 0.717) is 13.2 Å². The molecule has 0 aliphatic carbocycles. The first-order valence-electron chi connectivity index (χ1n) is 5.96. The quantitative estimate of drug-likeness (QED) is 0.827. The van der Waals surface area contributed by atoms with Gasteiger partial charge in [0.25, 0.3) is 0 Å². The van der Waals surface area contributed by atoms with Crippen molar-refractivity contribution in [2.75, 3.05) is 13.7 Å². The van der Waals surface area contributed by atoms with E-state index in [1.54, 1.807) is 19.6 Å². The van der Waals surface area contributed by atoms with E-state index in [-0.39, 0.29) is 11.6 Å². The number of methoxy groups -OCH3 is 1. The van der Waals surface area contributed by atoms with Crippen molar-refractivity contribution < 1.29 is 9.53 Å².